The van der Waals surface area contributed by atoms with E-state index in [1.165, 1.54) is 38.3 Å². The van der Waals surface area contributed by atoms with Gasteiger partial charge >= 0.3 is 0 Å². The number of nitrogens with zero attached hydrogens (tertiary/aromatic N) is 1. The van der Waals surface area contributed by atoms with E-state index in [4.69, 9.17) is 10.4 Å². The lowest BCUT2D eigenvalue weighted by molar-refractivity contribution is 0.892. The van der Waals surface area contributed by atoms with Gasteiger partial charge in [-0.2, -0.15) is 0 Å². The summed E-state index contributed by atoms with van der Waals surface area (Å²) in [6.07, 6.45) is 15.0. The molecule has 0 saturated heterocycles. The van der Waals surface area contributed by atoms with Gasteiger partial charge in [-0.25, -0.2) is 4.99 Å². The average Bonchev–Trinajstić information content (AvgIpc) is 3.13. The molecule has 228 valence electrons. The van der Waals surface area contributed by atoms with Gasteiger partial charge in [-0.3, -0.25) is 5.41 Å². The Morgan fingerprint density at radius 1 is 0.702 bits per heavy atom. The first kappa shape index (κ1) is 29.9. The van der Waals surface area contributed by atoms with Crippen LogP contribution < -0.4 is 15.8 Å². The Kier molecular flexibility index (Phi) is 8.70. The van der Waals surface area contributed by atoms with E-state index in [0.29, 0.717) is 6.54 Å². The maximum atomic E-state index is 8.90. The van der Waals surface area contributed by atoms with Gasteiger partial charge < -0.3 is 5.32 Å². The first-order chi connectivity index (χ1) is 23.1. The fourth-order valence-corrected chi connectivity index (χ4v) is 6.16. The third-order valence-electron chi connectivity index (χ3n) is 8.83. The molecule has 0 unspecified atom stereocenters. The molecule has 2 N–H and O–H groups in total. The molecule has 0 spiro atoms. The van der Waals surface area contributed by atoms with Gasteiger partial charge in [0.1, 0.15) is 5.84 Å². The van der Waals surface area contributed by atoms with E-state index in [1.54, 1.807) is 0 Å². The molecule has 0 aliphatic heterocycles. The number of amidine groups is 2. The van der Waals surface area contributed by atoms with Crippen LogP contribution in [-0.2, 0) is 6.54 Å². The smallest absolute Gasteiger partial charge is 0.154 e. The van der Waals surface area contributed by atoms with Crippen LogP contribution in [0.5, 0.6) is 0 Å². The van der Waals surface area contributed by atoms with Crippen molar-refractivity contribution in [3.05, 3.63) is 184 Å². The van der Waals surface area contributed by atoms with Crippen LogP contribution in [0.3, 0.4) is 0 Å². The van der Waals surface area contributed by atoms with E-state index in [1.807, 2.05) is 36.4 Å². The molecule has 0 atom stereocenters. The van der Waals surface area contributed by atoms with Gasteiger partial charge in [-0.15, -0.1) is 0 Å². The van der Waals surface area contributed by atoms with Crippen molar-refractivity contribution >= 4 is 29.4 Å². The van der Waals surface area contributed by atoms with Crippen LogP contribution in [-0.4, -0.2) is 11.7 Å². The number of rotatable bonds is 6. The normalized spacial score (nSPS) is 16.4. The summed E-state index contributed by atoms with van der Waals surface area (Å²) in [5.41, 5.74) is 11.5. The number of benzene rings is 5. The number of allylic oxidation sites excluding steroid dienone is 5. The Labute approximate surface area is 276 Å². The second-order valence-corrected chi connectivity index (χ2v) is 12.1. The molecule has 0 bridgehead atoms. The molecule has 5 aromatic carbocycles. The van der Waals surface area contributed by atoms with Gasteiger partial charge in [0.2, 0.25) is 0 Å². The van der Waals surface area contributed by atoms with Gasteiger partial charge in [0, 0.05) is 12.1 Å². The average molecular weight is 608 g/mol. The van der Waals surface area contributed by atoms with E-state index in [9.17, 15) is 0 Å². The van der Waals surface area contributed by atoms with Crippen molar-refractivity contribution in [3.63, 3.8) is 0 Å². The summed E-state index contributed by atoms with van der Waals surface area (Å²) >= 11 is 0. The van der Waals surface area contributed by atoms with Gasteiger partial charge in [0.05, 0.1) is 0 Å². The minimum Gasteiger partial charge on any atom is -0.366 e. The zero-order valence-corrected chi connectivity index (χ0v) is 26.6. The van der Waals surface area contributed by atoms with Crippen LogP contribution in [0.2, 0.25) is 0 Å². The van der Waals surface area contributed by atoms with Crippen molar-refractivity contribution in [2.24, 2.45) is 4.99 Å². The number of hydrogen-bond donors (Lipinski definition) is 2. The second-order valence-electron chi connectivity index (χ2n) is 12.1. The fourth-order valence-electron chi connectivity index (χ4n) is 6.16. The maximum absolute atomic E-state index is 8.90. The van der Waals surface area contributed by atoms with Crippen LogP contribution in [0.4, 0.5) is 0 Å². The standard InChI is InChI=1S/C44H37N3/c1-31-19-22-38-27-37(25-26-39(38)28-40-15-8-9-18-42(31)40)34-23-20-32(21-24-34)30-46-44(35-13-6-3-7-14-35)47-43(45)41-17-10-16-36(29-41)33-11-4-2-5-12-33/h2-6,8-13,15-29H,7,14,30H2,1H3,(H2,45,46,47)/b22-19?,31-19+,38-22-,39-28-,40-28?,42-31?. The molecular formula is C44H37N3. The van der Waals surface area contributed by atoms with Crippen molar-refractivity contribution in [2.75, 3.05) is 0 Å². The molecule has 0 saturated carbocycles. The zero-order chi connectivity index (χ0) is 32.0. The van der Waals surface area contributed by atoms with Crippen LogP contribution in [0, 0.1) is 5.41 Å². The molecule has 3 nitrogen and oxygen atoms in total. The first-order valence-electron chi connectivity index (χ1n) is 16.2. The summed E-state index contributed by atoms with van der Waals surface area (Å²) in [7, 11) is 0. The minimum atomic E-state index is 0.248. The molecule has 2 aliphatic carbocycles. The predicted molar refractivity (Wildman–Crippen MR) is 199 cm³/mol. The molecule has 7 rings (SSSR count). The number of fused-ring (bicyclic) bond motifs is 2. The summed E-state index contributed by atoms with van der Waals surface area (Å²) in [5.74, 6) is 1.00. The lowest BCUT2D eigenvalue weighted by atomic mass is 9.96. The Bertz CT molecular complexity index is 2200. The maximum Gasteiger partial charge on any atom is 0.154 e. The summed E-state index contributed by atoms with van der Waals surface area (Å²) in [4.78, 5) is 4.84. The van der Waals surface area contributed by atoms with Gasteiger partial charge in [0.15, 0.2) is 5.84 Å². The molecule has 0 aromatic heterocycles. The molecular weight excluding hydrogens is 571 g/mol. The molecule has 0 amide bonds. The summed E-state index contributed by atoms with van der Waals surface area (Å²) < 4.78 is 0. The molecule has 2 aliphatic rings. The van der Waals surface area contributed by atoms with E-state index >= 15 is 0 Å². The Hall–Kier alpha value is -5.80. The third-order valence-corrected chi connectivity index (χ3v) is 8.83. The molecule has 47 heavy (non-hydrogen) atoms. The lowest BCUT2D eigenvalue weighted by Gasteiger charge is -2.16. The van der Waals surface area contributed by atoms with Crippen molar-refractivity contribution < 1.29 is 0 Å². The topological polar surface area (TPSA) is 48.2 Å². The first-order valence-corrected chi connectivity index (χ1v) is 16.2. The quantitative estimate of drug-likeness (QED) is 0.147. The second kappa shape index (κ2) is 13.7. The zero-order valence-electron chi connectivity index (χ0n) is 26.6. The van der Waals surface area contributed by atoms with Crippen molar-refractivity contribution in [1.29, 1.82) is 5.41 Å². The van der Waals surface area contributed by atoms with Crippen molar-refractivity contribution in [1.82, 2.24) is 5.32 Å². The Morgan fingerprint density at radius 3 is 2.28 bits per heavy atom. The van der Waals surface area contributed by atoms with E-state index in [0.717, 1.165) is 46.5 Å². The van der Waals surface area contributed by atoms with Gasteiger partial charge in [0.25, 0.3) is 0 Å². The van der Waals surface area contributed by atoms with Crippen LogP contribution >= 0.6 is 0 Å². The molecule has 0 heterocycles. The molecule has 3 heteroatoms. The van der Waals surface area contributed by atoms with Gasteiger partial charge in [-0.05, 0) is 98.5 Å². The summed E-state index contributed by atoms with van der Waals surface area (Å²) in [6, 6.07) is 42.4. The number of nitrogens with one attached hydrogen (secondary N) is 2. The predicted octanol–water partition coefficient (Wildman–Crippen LogP) is 8.84. The van der Waals surface area contributed by atoms with E-state index in [-0.39, 0.29) is 5.84 Å². The molecule has 5 aromatic rings. The van der Waals surface area contributed by atoms with E-state index in [2.05, 4.69) is 134 Å². The highest BCUT2D eigenvalue weighted by Crippen LogP contribution is 2.23. The van der Waals surface area contributed by atoms with Crippen LogP contribution in [0.1, 0.15) is 42.0 Å². The van der Waals surface area contributed by atoms with Crippen LogP contribution in [0.15, 0.2) is 156 Å². The number of hydrogen-bond acceptors (Lipinski definition) is 1. The van der Waals surface area contributed by atoms with Crippen LogP contribution in [0.25, 0.3) is 40.0 Å². The highest BCUT2D eigenvalue weighted by atomic mass is 15.0. The SMILES string of the molecule is C\C1=C/C=c2/cc(-c3ccc(CN/C(=N\C(=N)c4cccc(-c5ccccc5)c4)C4=CC=CCC4)cc3)cc/c2=C/c2ccccc21. The highest BCUT2D eigenvalue weighted by molar-refractivity contribution is 6.10. The van der Waals surface area contributed by atoms with E-state index < -0.39 is 0 Å². The Balaban J connectivity index is 1.11. The Morgan fingerprint density at radius 2 is 1.45 bits per heavy atom. The van der Waals surface area contributed by atoms with Crippen molar-refractivity contribution in [3.8, 4) is 22.3 Å². The summed E-state index contributed by atoms with van der Waals surface area (Å²) in [6.45, 7) is 2.79. The monoisotopic (exact) mass is 607 g/mol. The minimum absolute atomic E-state index is 0.248. The fraction of sp³-hybridized carbons (Fsp3) is 0.0909. The molecule has 0 radical (unpaired) electrons. The highest BCUT2D eigenvalue weighted by Gasteiger charge is 2.12. The third kappa shape index (κ3) is 6.90. The lowest BCUT2D eigenvalue weighted by Crippen LogP contribution is -2.26. The van der Waals surface area contributed by atoms with Gasteiger partial charge in [-0.1, -0.05) is 140 Å². The van der Waals surface area contributed by atoms with Crippen molar-refractivity contribution in [2.45, 2.75) is 26.3 Å². The summed E-state index contributed by atoms with van der Waals surface area (Å²) in [5, 5.41) is 14.9. The largest absolute Gasteiger partial charge is 0.366 e. The number of aliphatic imine (C=N–C) groups is 1. The molecule has 0 fully saturated rings.